The van der Waals surface area contributed by atoms with Gasteiger partial charge in [-0.05, 0) is 38.5 Å². The molecule has 2 heterocycles. The van der Waals surface area contributed by atoms with Crippen LogP contribution in [0.2, 0.25) is 5.02 Å². The maximum absolute atomic E-state index is 10.3. The second-order valence-corrected chi connectivity index (χ2v) is 8.28. The van der Waals surface area contributed by atoms with Crippen LogP contribution in [0.3, 0.4) is 0 Å². The van der Waals surface area contributed by atoms with Gasteiger partial charge in [-0.15, -0.1) is 5.10 Å². The molecule has 0 spiro atoms. The van der Waals surface area contributed by atoms with E-state index in [2.05, 4.69) is 5.10 Å². The Morgan fingerprint density at radius 1 is 1.19 bits per heavy atom. The zero-order valence-electron chi connectivity index (χ0n) is 17.9. The number of aromatic nitrogens is 2. The van der Waals surface area contributed by atoms with E-state index >= 15 is 0 Å². The number of aliphatic hydroxyl groups excluding tert-OH is 4. The van der Waals surface area contributed by atoms with Gasteiger partial charge in [0, 0.05) is 23.7 Å². The van der Waals surface area contributed by atoms with Crippen LogP contribution < -0.4 is 9.47 Å². The molecule has 1 aromatic carbocycles. The van der Waals surface area contributed by atoms with Gasteiger partial charge in [0.05, 0.1) is 18.7 Å². The molecule has 0 bridgehead atoms. The molecule has 1 aliphatic heterocycles. The SMILES string of the molecule is COc1ccc(Cc2c(O[C@@H]3O[C@H](CO)[C@@H](O)[C@H](O)[C@H]3O)nn(C(C)C)c2C)cc1Cl. The highest BCUT2D eigenvalue weighted by atomic mass is 35.5. The number of aliphatic hydroxyl groups is 4. The summed E-state index contributed by atoms with van der Waals surface area (Å²) in [6.07, 6.45) is -6.46. The summed E-state index contributed by atoms with van der Waals surface area (Å²) in [5.41, 5.74) is 2.52. The zero-order chi connectivity index (χ0) is 22.9. The largest absolute Gasteiger partial charge is 0.495 e. The Hall–Kier alpha value is -1.88. The second-order valence-electron chi connectivity index (χ2n) is 7.87. The Labute approximate surface area is 185 Å². The maximum Gasteiger partial charge on any atom is 0.239 e. The highest BCUT2D eigenvalue weighted by molar-refractivity contribution is 6.32. The number of methoxy groups -OCH3 is 1. The van der Waals surface area contributed by atoms with Crippen molar-refractivity contribution in [3.63, 3.8) is 0 Å². The molecular weight excluding hydrogens is 428 g/mol. The predicted molar refractivity (Wildman–Crippen MR) is 113 cm³/mol. The van der Waals surface area contributed by atoms with Gasteiger partial charge in [-0.3, -0.25) is 4.68 Å². The van der Waals surface area contributed by atoms with Crippen LogP contribution in [0.15, 0.2) is 18.2 Å². The van der Waals surface area contributed by atoms with Crippen molar-refractivity contribution in [3.05, 3.63) is 40.0 Å². The second kappa shape index (κ2) is 9.72. The quantitative estimate of drug-likeness (QED) is 0.489. The van der Waals surface area contributed by atoms with Crippen LogP contribution >= 0.6 is 11.6 Å². The van der Waals surface area contributed by atoms with Gasteiger partial charge in [0.1, 0.15) is 30.2 Å². The fourth-order valence-corrected chi connectivity index (χ4v) is 3.91. The number of hydrogen-bond acceptors (Lipinski definition) is 8. The van der Waals surface area contributed by atoms with Crippen molar-refractivity contribution in [3.8, 4) is 11.6 Å². The lowest BCUT2D eigenvalue weighted by Crippen LogP contribution is -2.60. The molecule has 5 atom stereocenters. The van der Waals surface area contributed by atoms with Gasteiger partial charge in [-0.1, -0.05) is 17.7 Å². The summed E-state index contributed by atoms with van der Waals surface area (Å²) >= 11 is 6.26. The topological polar surface area (TPSA) is 126 Å². The molecule has 2 aromatic rings. The normalized spacial score (nSPS) is 26.3. The molecule has 9 nitrogen and oxygen atoms in total. The minimum Gasteiger partial charge on any atom is -0.495 e. The highest BCUT2D eigenvalue weighted by Gasteiger charge is 2.45. The van der Waals surface area contributed by atoms with Crippen LogP contribution in [0, 0.1) is 6.92 Å². The van der Waals surface area contributed by atoms with Gasteiger partial charge in [0.2, 0.25) is 12.2 Å². The molecule has 0 aliphatic carbocycles. The molecule has 0 radical (unpaired) electrons. The van der Waals surface area contributed by atoms with Crippen molar-refractivity contribution in [2.75, 3.05) is 13.7 Å². The minimum absolute atomic E-state index is 0.0466. The zero-order valence-corrected chi connectivity index (χ0v) is 18.7. The Balaban J connectivity index is 1.93. The van der Waals surface area contributed by atoms with Gasteiger partial charge < -0.3 is 34.6 Å². The molecule has 0 amide bonds. The average molecular weight is 457 g/mol. The van der Waals surface area contributed by atoms with Crippen LogP contribution in [0.25, 0.3) is 0 Å². The summed E-state index contributed by atoms with van der Waals surface area (Å²) in [5.74, 6) is 0.792. The number of ether oxygens (including phenoxy) is 3. The predicted octanol–water partition coefficient (Wildman–Crippen LogP) is 1.20. The standard InChI is InChI=1S/C21H29ClN2O7/c1-10(2)24-11(3)13(7-12-5-6-15(29-4)14(22)8-12)20(23-24)31-21-19(28)18(27)17(26)16(9-25)30-21/h5-6,8,10,16-19,21,25-28H,7,9H2,1-4H3/t16-,17-,18+,19-,21+/m1/s1. The molecule has 4 N–H and O–H groups in total. The van der Waals surface area contributed by atoms with Crippen LogP contribution in [0.5, 0.6) is 11.6 Å². The van der Waals surface area contributed by atoms with Gasteiger partial charge in [0.15, 0.2) is 0 Å². The molecule has 3 rings (SSSR count). The van der Waals surface area contributed by atoms with E-state index in [-0.39, 0.29) is 11.9 Å². The Morgan fingerprint density at radius 3 is 2.48 bits per heavy atom. The van der Waals surface area contributed by atoms with E-state index in [1.54, 1.807) is 23.9 Å². The summed E-state index contributed by atoms with van der Waals surface area (Å²) in [5, 5.41) is 44.8. The first kappa shape index (κ1) is 23.8. The van der Waals surface area contributed by atoms with Crippen molar-refractivity contribution in [1.82, 2.24) is 9.78 Å². The number of nitrogens with zero attached hydrogens (tertiary/aromatic N) is 2. The Morgan fingerprint density at radius 2 is 1.90 bits per heavy atom. The van der Waals surface area contributed by atoms with Crippen molar-refractivity contribution >= 4 is 11.6 Å². The number of rotatable bonds is 7. The lowest BCUT2D eigenvalue weighted by atomic mass is 9.99. The van der Waals surface area contributed by atoms with E-state index in [1.165, 1.54) is 0 Å². The smallest absolute Gasteiger partial charge is 0.239 e. The minimum atomic E-state index is -1.53. The third-order valence-corrected chi connectivity index (χ3v) is 5.69. The Kier molecular flexibility index (Phi) is 7.46. The highest BCUT2D eigenvalue weighted by Crippen LogP contribution is 2.32. The monoisotopic (exact) mass is 456 g/mol. The van der Waals surface area contributed by atoms with Crippen molar-refractivity contribution in [1.29, 1.82) is 0 Å². The van der Waals surface area contributed by atoms with Crippen LogP contribution in [0.4, 0.5) is 0 Å². The number of halogens is 1. The summed E-state index contributed by atoms with van der Waals surface area (Å²) in [4.78, 5) is 0. The van der Waals surface area contributed by atoms with E-state index in [9.17, 15) is 20.4 Å². The molecular formula is C21H29ClN2O7. The van der Waals surface area contributed by atoms with Gasteiger partial charge >= 0.3 is 0 Å². The first-order valence-corrected chi connectivity index (χ1v) is 10.4. The van der Waals surface area contributed by atoms with Gasteiger partial charge in [-0.25, -0.2) is 0 Å². The van der Waals surface area contributed by atoms with Crippen molar-refractivity contribution in [2.45, 2.75) is 63.9 Å². The first-order chi connectivity index (χ1) is 14.7. The fourth-order valence-electron chi connectivity index (χ4n) is 3.63. The van der Waals surface area contributed by atoms with Gasteiger partial charge in [0.25, 0.3) is 0 Å². The number of benzene rings is 1. The molecule has 1 aromatic heterocycles. The molecule has 10 heteroatoms. The van der Waals surface area contributed by atoms with E-state index in [1.807, 2.05) is 26.8 Å². The molecule has 172 valence electrons. The lowest BCUT2D eigenvalue weighted by Gasteiger charge is -2.39. The van der Waals surface area contributed by atoms with Crippen LogP contribution in [-0.4, -0.2) is 74.6 Å². The first-order valence-electron chi connectivity index (χ1n) is 10.1. The molecule has 1 saturated heterocycles. The van der Waals surface area contributed by atoms with Crippen molar-refractivity contribution in [2.24, 2.45) is 0 Å². The van der Waals surface area contributed by atoms with E-state index in [4.69, 9.17) is 25.8 Å². The molecule has 1 aliphatic rings. The average Bonchev–Trinajstić information content (AvgIpc) is 3.04. The number of hydrogen-bond donors (Lipinski definition) is 4. The molecule has 1 fully saturated rings. The van der Waals surface area contributed by atoms with E-state index < -0.39 is 37.3 Å². The van der Waals surface area contributed by atoms with Gasteiger partial charge in [-0.2, -0.15) is 0 Å². The fraction of sp³-hybridized carbons (Fsp3) is 0.571. The summed E-state index contributed by atoms with van der Waals surface area (Å²) in [6.45, 7) is 5.33. The van der Waals surface area contributed by atoms with Crippen molar-refractivity contribution < 1.29 is 34.6 Å². The Bertz CT molecular complexity index is 902. The molecule has 0 saturated carbocycles. The summed E-state index contributed by atoms with van der Waals surface area (Å²) < 4.78 is 18.3. The molecule has 31 heavy (non-hydrogen) atoms. The van der Waals surface area contributed by atoms with Crippen LogP contribution in [-0.2, 0) is 11.2 Å². The third kappa shape index (κ3) is 4.82. The maximum atomic E-state index is 10.3. The van der Waals surface area contributed by atoms with E-state index in [0.717, 1.165) is 16.8 Å². The summed E-state index contributed by atoms with van der Waals surface area (Å²) in [6, 6.07) is 5.50. The molecule has 0 unspecified atom stereocenters. The van der Waals surface area contributed by atoms with Crippen LogP contribution in [0.1, 0.15) is 36.7 Å². The lowest BCUT2D eigenvalue weighted by molar-refractivity contribution is -0.278. The third-order valence-electron chi connectivity index (χ3n) is 5.40. The summed E-state index contributed by atoms with van der Waals surface area (Å²) in [7, 11) is 1.55. The van der Waals surface area contributed by atoms with E-state index in [0.29, 0.717) is 17.2 Å².